The van der Waals surface area contributed by atoms with E-state index in [1.165, 1.54) is 38.5 Å². The Labute approximate surface area is 99.9 Å². The number of hydrogen-bond donors (Lipinski definition) is 0. The summed E-state index contributed by atoms with van der Waals surface area (Å²) in [6.45, 7) is 11.6. The number of unbranched alkanes of at least 4 members (excludes halogenated alkanes) is 4. The lowest BCUT2D eigenvalue weighted by molar-refractivity contribution is 0.254. The number of rotatable bonds is 9. The zero-order valence-corrected chi connectivity index (χ0v) is 13.8. The first-order valence-electron chi connectivity index (χ1n) is 6.67. The van der Waals surface area contributed by atoms with Crippen LogP contribution < -0.4 is 0 Å². The van der Waals surface area contributed by atoms with E-state index >= 15 is 0 Å². The van der Waals surface area contributed by atoms with Crippen LogP contribution in [0, 0.1) is 0 Å². The second-order valence-electron chi connectivity index (χ2n) is 5.46. The van der Waals surface area contributed by atoms with Gasteiger partial charge in [0, 0.05) is 5.73 Å². The van der Waals surface area contributed by atoms with Crippen LogP contribution in [-0.4, -0.2) is 23.6 Å². The topological polar surface area (TPSA) is 9.23 Å². The molecule has 1 unspecified atom stereocenters. The summed E-state index contributed by atoms with van der Waals surface area (Å²) in [6.07, 6.45) is 8.29. The summed E-state index contributed by atoms with van der Waals surface area (Å²) in [4.78, 5) is 0. The van der Waals surface area contributed by atoms with E-state index in [0.717, 1.165) is 0 Å². The molecule has 0 heterocycles. The van der Waals surface area contributed by atoms with E-state index in [9.17, 15) is 0 Å². The van der Waals surface area contributed by atoms with E-state index in [0.29, 0.717) is 5.73 Å². The van der Waals surface area contributed by atoms with Gasteiger partial charge in [-0.25, -0.2) is 0 Å². The molecule has 0 aliphatic rings. The van der Waals surface area contributed by atoms with Crippen molar-refractivity contribution in [2.45, 2.75) is 77.4 Å². The van der Waals surface area contributed by atoms with Gasteiger partial charge >= 0.3 is 0 Å². The molecule has 0 radical (unpaired) electrons. The van der Waals surface area contributed by atoms with Crippen LogP contribution in [0.5, 0.6) is 0 Å². The van der Waals surface area contributed by atoms with Gasteiger partial charge < -0.3 is 4.43 Å². The van der Waals surface area contributed by atoms with Crippen LogP contribution in [-0.2, 0) is 4.43 Å². The molecule has 0 bridgehead atoms. The maximum absolute atomic E-state index is 6.19. The highest BCUT2D eigenvalue weighted by molar-refractivity contribution is 6.70. The Hall–Kier alpha value is 0.394. The average Bonchev–Trinajstić information content (AvgIpc) is 2.14. The van der Waals surface area contributed by atoms with E-state index in [1.54, 1.807) is 0 Å². The Morgan fingerprint density at radius 2 is 1.67 bits per heavy atom. The summed E-state index contributed by atoms with van der Waals surface area (Å²) in [6, 6.07) is 0. The molecule has 3 heteroatoms. The molecule has 0 rings (SSSR count). The van der Waals surface area contributed by atoms with Gasteiger partial charge in [0.1, 0.15) is 0 Å². The summed E-state index contributed by atoms with van der Waals surface area (Å²) in [7, 11) is -1.26. The van der Waals surface area contributed by atoms with Crippen molar-refractivity contribution in [3.05, 3.63) is 0 Å². The first-order chi connectivity index (χ1) is 6.99. The molecule has 0 aliphatic carbocycles. The van der Waals surface area contributed by atoms with Gasteiger partial charge in [-0.3, -0.25) is 0 Å². The lowest BCUT2D eigenvalue weighted by Gasteiger charge is -2.25. The van der Waals surface area contributed by atoms with Crippen molar-refractivity contribution in [2.75, 3.05) is 0 Å². The van der Waals surface area contributed by atoms with Crippen molar-refractivity contribution in [3.8, 4) is 0 Å². The zero-order valence-electron chi connectivity index (χ0n) is 11.4. The summed E-state index contributed by atoms with van der Waals surface area (Å²) in [5.41, 5.74) is 0.665. The van der Waals surface area contributed by atoms with Crippen molar-refractivity contribution in [2.24, 2.45) is 0 Å². The van der Waals surface area contributed by atoms with Gasteiger partial charge in [-0.1, -0.05) is 45.6 Å². The zero-order chi connectivity index (χ0) is 11.7. The van der Waals surface area contributed by atoms with Crippen molar-refractivity contribution in [1.82, 2.24) is 0 Å². The molecule has 0 saturated carbocycles. The first-order valence-corrected chi connectivity index (χ1v) is 12.3. The van der Waals surface area contributed by atoms with Gasteiger partial charge in [-0.05, 0) is 26.1 Å². The Balaban J connectivity index is 3.53. The fourth-order valence-corrected chi connectivity index (χ4v) is 5.80. The summed E-state index contributed by atoms with van der Waals surface area (Å²) in [5.74, 6) is 0. The lowest BCUT2D eigenvalue weighted by atomic mass is 10.1. The molecule has 0 aromatic heterocycles. The smallest absolute Gasteiger partial charge is 0.183 e. The maximum atomic E-state index is 6.19. The molecule has 0 aromatic rings. The van der Waals surface area contributed by atoms with E-state index in [2.05, 4.69) is 33.1 Å². The SMILES string of the molecule is CCCCCCCC(O[Si](C)(C)C)[SiH2]C. The fraction of sp³-hybridized carbons (Fsp3) is 1.00. The lowest BCUT2D eigenvalue weighted by Crippen LogP contribution is -2.34. The Morgan fingerprint density at radius 1 is 1.07 bits per heavy atom. The standard InChI is InChI=1S/C12H30OSi2/c1-6-7-8-9-10-11-12(14-2)13-15(3,4)5/h12H,6-11,14H2,1-5H3. The molecule has 0 N–H and O–H groups in total. The largest absolute Gasteiger partial charge is 0.418 e. The quantitative estimate of drug-likeness (QED) is 0.445. The van der Waals surface area contributed by atoms with Gasteiger partial charge in [0.2, 0.25) is 0 Å². The second-order valence-corrected chi connectivity index (χ2v) is 11.7. The Morgan fingerprint density at radius 3 is 2.13 bits per heavy atom. The van der Waals surface area contributed by atoms with Crippen LogP contribution >= 0.6 is 0 Å². The van der Waals surface area contributed by atoms with E-state index in [4.69, 9.17) is 4.43 Å². The first kappa shape index (κ1) is 15.4. The molecule has 0 spiro atoms. The summed E-state index contributed by atoms with van der Waals surface area (Å²) < 4.78 is 6.19. The van der Waals surface area contributed by atoms with Gasteiger partial charge in [-0.15, -0.1) is 0 Å². The van der Waals surface area contributed by atoms with Crippen LogP contribution in [0.3, 0.4) is 0 Å². The van der Waals surface area contributed by atoms with Crippen LogP contribution in [0.1, 0.15) is 45.4 Å². The molecule has 1 atom stereocenters. The van der Waals surface area contributed by atoms with Crippen LogP contribution in [0.4, 0.5) is 0 Å². The van der Waals surface area contributed by atoms with E-state index in [1.807, 2.05) is 0 Å². The fourth-order valence-electron chi connectivity index (χ4n) is 1.82. The Kier molecular flexibility index (Phi) is 8.76. The summed E-state index contributed by atoms with van der Waals surface area (Å²) in [5, 5.41) is 0. The number of hydrogen-bond acceptors (Lipinski definition) is 1. The predicted molar refractivity (Wildman–Crippen MR) is 76.0 cm³/mol. The van der Waals surface area contributed by atoms with Gasteiger partial charge in [0.05, 0.1) is 9.52 Å². The normalized spacial score (nSPS) is 15.0. The van der Waals surface area contributed by atoms with E-state index in [-0.39, 0.29) is 9.52 Å². The second kappa shape index (κ2) is 8.53. The molecule has 0 aromatic carbocycles. The van der Waals surface area contributed by atoms with Crippen LogP contribution in [0.25, 0.3) is 0 Å². The molecular weight excluding hydrogens is 216 g/mol. The van der Waals surface area contributed by atoms with Crippen molar-refractivity contribution < 1.29 is 4.43 Å². The third-order valence-corrected chi connectivity index (χ3v) is 5.46. The molecular formula is C12H30OSi2. The molecule has 0 saturated heterocycles. The minimum atomic E-state index is -1.28. The molecule has 0 fully saturated rings. The minimum absolute atomic E-state index is 0.0212. The third kappa shape index (κ3) is 10.7. The molecule has 0 amide bonds. The third-order valence-electron chi connectivity index (χ3n) is 2.61. The van der Waals surface area contributed by atoms with Gasteiger partial charge in [0.25, 0.3) is 0 Å². The molecule has 0 aliphatic heterocycles. The average molecular weight is 247 g/mol. The highest BCUT2D eigenvalue weighted by Crippen LogP contribution is 2.13. The predicted octanol–water partition coefficient (Wildman–Crippen LogP) is 3.74. The summed E-state index contributed by atoms with van der Waals surface area (Å²) >= 11 is 0. The molecule has 92 valence electrons. The van der Waals surface area contributed by atoms with E-state index < -0.39 is 8.32 Å². The molecule has 15 heavy (non-hydrogen) atoms. The van der Waals surface area contributed by atoms with Crippen LogP contribution in [0.15, 0.2) is 0 Å². The minimum Gasteiger partial charge on any atom is -0.418 e. The highest BCUT2D eigenvalue weighted by atomic mass is 28.4. The maximum Gasteiger partial charge on any atom is 0.183 e. The molecule has 1 nitrogen and oxygen atoms in total. The monoisotopic (exact) mass is 246 g/mol. The van der Waals surface area contributed by atoms with Gasteiger partial charge in [-0.2, -0.15) is 0 Å². The van der Waals surface area contributed by atoms with Crippen molar-refractivity contribution in [3.63, 3.8) is 0 Å². The van der Waals surface area contributed by atoms with Crippen molar-refractivity contribution >= 4 is 17.8 Å². The Bertz CT molecular complexity index is 143. The van der Waals surface area contributed by atoms with Gasteiger partial charge in [0.15, 0.2) is 8.32 Å². The van der Waals surface area contributed by atoms with Crippen molar-refractivity contribution in [1.29, 1.82) is 0 Å². The van der Waals surface area contributed by atoms with Crippen LogP contribution in [0.2, 0.25) is 26.2 Å². The highest BCUT2D eigenvalue weighted by Gasteiger charge is 2.19.